The van der Waals surface area contributed by atoms with Crippen molar-refractivity contribution < 1.29 is 4.74 Å². The lowest BCUT2D eigenvalue weighted by molar-refractivity contribution is 0.0905. The number of aryl methyl sites for hydroxylation is 1. The molecule has 0 bridgehead atoms. The van der Waals surface area contributed by atoms with E-state index in [1.54, 1.807) is 0 Å². The van der Waals surface area contributed by atoms with Crippen LogP contribution in [0.3, 0.4) is 0 Å². The van der Waals surface area contributed by atoms with Crippen LogP contribution in [0.1, 0.15) is 37.9 Å². The summed E-state index contributed by atoms with van der Waals surface area (Å²) in [6.45, 7) is 11.1. The standard InChI is InChI=1S/C15H25NO/c1-5-16-15(11-17-10-12(2)3)14-8-6-7-13(4)9-14/h6-9,12,15-16H,5,10-11H2,1-4H3. The Kier molecular flexibility index (Phi) is 6.23. The van der Waals surface area contributed by atoms with Gasteiger partial charge in [0.2, 0.25) is 0 Å². The summed E-state index contributed by atoms with van der Waals surface area (Å²) in [6, 6.07) is 8.93. The van der Waals surface area contributed by atoms with Gasteiger partial charge in [0, 0.05) is 6.61 Å². The minimum absolute atomic E-state index is 0.304. The molecule has 1 aromatic rings. The van der Waals surface area contributed by atoms with Gasteiger partial charge in [0.15, 0.2) is 0 Å². The van der Waals surface area contributed by atoms with Gasteiger partial charge in [-0.1, -0.05) is 50.6 Å². The normalized spacial score (nSPS) is 13.0. The Morgan fingerprint density at radius 2 is 2.00 bits per heavy atom. The molecule has 1 atom stereocenters. The van der Waals surface area contributed by atoms with Gasteiger partial charge in [0.1, 0.15) is 0 Å². The number of ether oxygens (including phenoxy) is 1. The van der Waals surface area contributed by atoms with Crippen molar-refractivity contribution in [3.05, 3.63) is 35.4 Å². The van der Waals surface area contributed by atoms with Gasteiger partial charge in [0.05, 0.1) is 12.6 Å². The molecule has 0 aromatic heterocycles. The predicted octanol–water partition coefficient (Wildman–Crippen LogP) is 3.32. The van der Waals surface area contributed by atoms with Crippen LogP contribution in [0.25, 0.3) is 0 Å². The Hall–Kier alpha value is -0.860. The van der Waals surface area contributed by atoms with Crippen LogP contribution in [0.2, 0.25) is 0 Å². The molecule has 0 spiro atoms. The molecule has 0 fully saturated rings. The highest BCUT2D eigenvalue weighted by atomic mass is 16.5. The maximum absolute atomic E-state index is 5.74. The van der Waals surface area contributed by atoms with E-state index in [1.165, 1.54) is 11.1 Å². The van der Waals surface area contributed by atoms with Gasteiger partial charge in [-0.3, -0.25) is 0 Å². The highest BCUT2D eigenvalue weighted by Crippen LogP contribution is 2.15. The van der Waals surface area contributed by atoms with Gasteiger partial charge < -0.3 is 10.1 Å². The minimum Gasteiger partial charge on any atom is -0.379 e. The molecule has 0 aliphatic carbocycles. The summed E-state index contributed by atoms with van der Waals surface area (Å²) in [6.07, 6.45) is 0. The smallest absolute Gasteiger partial charge is 0.0661 e. The van der Waals surface area contributed by atoms with Crippen LogP contribution in [0, 0.1) is 12.8 Å². The Morgan fingerprint density at radius 1 is 1.24 bits per heavy atom. The molecule has 1 unspecified atom stereocenters. The number of likely N-dealkylation sites (N-methyl/N-ethyl adjacent to an activating group) is 1. The lowest BCUT2D eigenvalue weighted by Gasteiger charge is -2.19. The van der Waals surface area contributed by atoms with E-state index in [1.807, 2.05) is 0 Å². The Bertz CT molecular complexity index is 322. The van der Waals surface area contributed by atoms with Crippen molar-refractivity contribution in [2.45, 2.75) is 33.7 Å². The third kappa shape index (κ3) is 5.33. The van der Waals surface area contributed by atoms with E-state index in [9.17, 15) is 0 Å². The topological polar surface area (TPSA) is 21.3 Å². The highest BCUT2D eigenvalue weighted by molar-refractivity contribution is 5.25. The van der Waals surface area contributed by atoms with Crippen molar-refractivity contribution >= 4 is 0 Å². The summed E-state index contributed by atoms with van der Waals surface area (Å²) >= 11 is 0. The van der Waals surface area contributed by atoms with E-state index in [2.05, 4.69) is 57.3 Å². The van der Waals surface area contributed by atoms with Crippen LogP contribution >= 0.6 is 0 Å². The van der Waals surface area contributed by atoms with Gasteiger partial charge in [-0.05, 0) is 24.9 Å². The first kappa shape index (κ1) is 14.2. The zero-order valence-corrected chi connectivity index (χ0v) is 11.5. The molecule has 0 aliphatic heterocycles. The summed E-state index contributed by atoms with van der Waals surface area (Å²) in [4.78, 5) is 0. The van der Waals surface area contributed by atoms with Crippen LogP contribution in [0.4, 0.5) is 0 Å². The molecule has 1 aromatic carbocycles. The second-order valence-electron chi connectivity index (χ2n) is 4.96. The Labute approximate surface area is 105 Å². The molecule has 0 heterocycles. The van der Waals surface area contributed by atoms with E-state index in [0.29, 0.717) is 12.0 Å². The number of hydrogen-bond acceptors (Lipinski definition) is 2. The number of rotatable bonds is 7. The molecule has 96 valence electrons. The Morgan fingerprint density at radius 3 is 2.59 bits per heavy atom. The molecule has 0 aliphatic rings. The lowest BCUT2D eigenvalue weighted by Crippen LogP contribution is -2.26. The van der Waals surface area contributed by atoms with Crippen LogP contribution in [-0.2, 0) is 4.74 Å². The molecule has 2 heteroatoms. The number of hydrogen-bond donors (Lipinski definition) is 1. The quantitative estimate of drug-likeness (QED) is 0.783. The van der Waals surface area contributed by atoms with Crippen LogP contribution in [-0.4, -0.2) is 19.8 Å². The summed E-state index contributed by atoms with van der Waals surface area (Å²) in [5, 5.41) is 3.47. The first-order valence-electron chi connectivity index (χ1n) is 6.51. The van der Waals surface area contributed by atoms with Gasteiger partial charge in [-0.25, -0.2) is 0 Å². The summed E-state index contributed by atoms with van der Waals surface area (Å²) in [5.74, 6) is 0.592. The largest absolute Gasteiger partial charge is 0.379 e. The third-order valence-corrected chi connectivity index (χ3v) is 2.63. The van der Waals surface area contributed by atoms with Crippen molar-refractivity contribution in [1.82, 2.24) is 5.32 Å². The fourth-order valence-electron chi connectivity index (χ4n) is 1.83. The fraction of sp³-hybridized carbons (Fsp3) is 0.600. The van der Waals surface area contributed by atoms with Gasteiger partial charge >= 0.3 is 0 Å². The van der Waals surface area contributed by atoms with Crippen molar-refractivity contribution in [1.29, 1.82) is 0 Å². The predicted molar refractivity (Wildman–Crippen MR) is 73.3 cm³/mol. The van der Waals surface area contributed by atoms with Gasteiger partial charge in [-0.15, -0.1) is 0 Å². The summed E-state index contributed by atoms with van der Waals surface area (Å²) < 4.78 is 5.74. The first-order valence-corrected chi connectivity index (χ1v) is 6.51. The van der Waals surface area contributed by atoms with E-state index >= 15 is 0 Å². The molecule has 2 nitrogen and oxygen atoms in total. The molecule has 0 radical (unpaired) electrons. The second-order valence-corrected chi connectivity index (χ2v) is 4.96. The molecule has 0 amide bonds. The molecule has 0 saturated carbocycles. The fourth-order valence-corrected chi connectivity index (χ4v) is 1.83. The van der Waals surface area contributed by atoms with Crippen molar-refractivity contribution in [2.24, 2.45) is 5.92 Å². The molecular formula is C15H25NO. The monoisotopic (exact) mass is 235 g/mol. The van der Waals surface area contributed by atoms with Crippen LogP contribution < -0.4 is 5.32 Å². The minimum atomic E-state index is 0.304. The summed E-state index contributed by atoms with van der Waals surface area (Å²) in [5.41, 5.74) is 2.62. The third-order valence-electron chi connectivity index (χ3n) is 2.63. The average Bonchev–Trinajstić information content (AvgIpc) is 2.27. The Balaban J connectivity index is 2.58. The van der Waals surface area contributed by atoms with Crippen molar-refractivity contribution in [3.63, 3.8) is 0 Å². The van der Waals surface area contributed by atoms with Crippen molar-refractivity contribution in [3.8, 4) is 0 Å². The van der Waals surface area contributed by atoms with E-state index in [-0.39, 0.29) is 0 Å². The van der Waals surface area contributed by atoms with Crippen LogP contribution in [0.15, 0.2) is 24.3 Å². The second kappa shape index (κ2) is 7.46. The molecule has 17 heavy (non-hydrogen) atoms. The lowest BCUT2D eigenvalue weighted by atomic mass is 10.1. The zero-order valence-electron chi connectivity index (χ0n) is 11.5. The van der Waals surface area contributed by atoms with E-state index in [4.69, 9.17) is 4.74 Å². The highest BCUT2D eigenvalue weighted by Gasteiger charge is 2.10. The SMILES string of the molecule is CCNC(COCC(C)C)c1cccc(C)c1. The van der Waals surface area contributed by atoms with E-state index < -0.39 is 0 Å². The number of benzene rings is 1. The average molecular weight is 235 g/mol. The van der Waals surface area contributed by atoms with Crippen LogP contribution in [0.5, 0.6) is 0 Å². The van der Waals surface area contributed by atoms with E-state index in [0.717, 1.165) is 19.8 Å². The summed E-state index contributed by atoms with van der Waals surface area (Å²) in [7, 11) is 0. The van der Waals surface area contributed by atoms with Gasteiger partial charge in [0.25, 0.3) is 0 Å². The maximum Gasteiger partial charge on any atom is 0.0661 e. The van der Waals surface area contributed by atoms with Crippen molar-refractivity contribution in [2.75, 3.05) is 19.8 Å². The molecule has 1 N–H and O–H groups in total. The molecule has 1 rings (SSSR count). The maximum atomic E-state index is 5.74. The molecule has 0 saturated heterocycles. The first-order chi connectivity index (χ1) is 8.13. The van der Waals surface area contributed by atoms with Gasteiger partial charge in [-0.2, -0.15) is 0 Å². The zero-order chi connectivity index (χ0) is 12.7. The number of nitrogens with one attached hydrogen (secondary N) is 1. The molecular weight excluding hydrogens is 210 g/mol.